The van der Waals surface area contributed by atoms with Crippen molar-refractivity contribution in [2.24, 2.45) is 17.6 Å². The maximum Gasteiger partial charge on any atom is 0.00361 e. The van der Waals surface area contributed by atoms with Gasteiger partial charge in [-0.1, -0.05) is 32.6 Å². The van der Waals surface area contributed by atoms with Crippen molar-refractivity contribution in [3.63, 3.8) is 0 Å². The molecular weight excluding hydrogens is 134 g/mol. The summed E-state index contributed by atoms with van der Waals surface area (Å²) in [7, 11) is 0. The van der Waals surface area contributed by atoms with E-state index < -0.39 is 0 Å². The Labute approximate surface area is 70.4 Å². The highest BCUT2D eigenvalue weighted by molar-refractivity contribution is 4.72. The average molecular weight is 155 g/mol. The van der Waals surface area contributed by atoms with Crippen molar-refractivity contribution in [1.29, 1.82) is 0 Å². The highest BCUT2D eigenvalue weighted by Gasteiger charge is 2.18. The van der Waals surface area contributed by atoms with E-state index in [1.165, 1.54) is 32.1 Å². The van der Waals surface area contributed by atoms with E-state index in [-0.39, 0.29) is 0 Å². The van der Waals surface area contributed by atoms with Crippen molar-refractivity contribution in [2.45, 2.75) is 52.0 Å². The minimum atomic E-state index is 0.384. The lowest BCUT2D eigenvalue weighted by Crippen LogP contribution is -2.25. The molecule has 0 aromatic heterocycles. The molecule has 0 aromatic carbocycles. The van der Waals surface area contributed by atoms with Gasteiger partial charge in [-0.3, -0.25) is 0 Å². The quantitative estimate of drug-likeness (QED) is 0.663. The van der Waals surface area contributed by atoms with Crippen LogP contribution in [0.15, 0.2) is 0 Å². The van der Waals surface area contributed by atoms with Crippen molar-refractivity contribution < 1.29 is 0 Å². The highest BCUT2D eigenvalue weighted by atomic mass is 14.6. The fourth-order valence-corrected chi connectivity index (χ4v) is 1.54. The van der Waals surface area contributed by atoms with Gasteiger partial charge in [0.25, 0.3) is 0 Å². The SMILES string of the molecule is CC(N)C(C)CCC1CCC1. The molecule has 0 spiro atoms. The summed E-state index contributed by atoms with van der Waals surface area (Å²) in [6, 6.07) is 0.384. The van der Waals surface area contributed by atoms with E-state index in [4.69, 9.17) is 5.73 Å². The van der Waals surface area contributed by atoms with E-state index in [1.807, 2.05) is 0 Å². The van der Waals surface area contributed by atoms with Gasteiger partial charge in [0.2, 0.25) is 0 Å². The molecule has 1 nitrogen and oxygen atoms in total. The van der Waals surface area contributed by atoms with Crippen molar-refractivity contribution >= 4 is 0 Å². The van der Waals surface area contributed by atoms with Crippen LogP contribution < -0.4 is 5.73 Å². The van der Waals surface area contributed by atoms with Crippen LogP contribution in [0.4, 0.5) is 0 Å². The number of nitrogens with two attached hydrogens (primary N) is 1. The molecule has 1 aliphatic rings. The summed E-state index contributed by atoms with van der Waals surface area (Å²) in [5, 5.41) is 0. The van der Waals surface area contributed by atoms with Crippen LogP contribution in [0, 0.1) is 11.8 Å². The monoisotopic (exact) mass is 155 g/mol. The predicted molar refractivity (Wildman–Crippen MR) is 49.4 cm³/mol. The van der Waals surface area contributed by atoms with Gasteiger partial charge in [-0.25, -0.2) is 0 Å². The number of hydrogen-bond acceptors (Lipinski definition) is 1. The van der Waals surface area contributed by atoms with Gasteiger partial charge in [-0.15, -0.1) is 0 Å². The first kappa shape index (κ1) is 9.05. The fourth-order valence-electron chi connectivity index (χ4n) is 1.54. The van der Waals surface area contributed by atoms with Gasteiger partial charge in [-0.05, 0) is 25.2 Å². The minimum absolute atomic E-state index is 0.384. The van der Waals surface area contributed by atoms with E-state index in [0.29, 0.717) is 6.04 Å². The van der Waals surface area contributed by atoms with Crippen molar-refractivity contribution in [1.82, 2.24) is 0 Å². The lowest BCUT2D eigenvalue weighted by molar-refractivity contribution is 0.266. The molecule has 66 valence electrons. The van der Waals surface area contributed by atoms with Crippen LogP contribution >= 0.6 is 0 Å². The Morgan fingerprint density at radius 2 is 2.00 bits per heavy atom. The summed E-state index contributed by atoms with van der Waals surface area (Å²) in [5.74, 6) is 1.77. The summed E-state index contributed by atoms with van der Waals surface area (Å²) in [6.45, 7) is 4.38. The van der Waals surface area contributed by atoms with Crippen LogP contribution in [-0.2, 0) is 0 Å². The lowest BCUT2D eigenvalue weighted by atomic mass is 9.80. The average Bonchev–Trinajstić information content (AvgIpc) is 1.83. The van der Waals surface area contributed by atoms with Gasteiger partial charge in [0.05, 0.1) is 0 Å². The molecule has 1 rings (SSSR count). The summed E-state index contributed by atoms with van der Waals surface area (Å²) in [5.41, 5.74) is 5.78. The Bertz CT molecular complexity index is 105. The summed E-state index contributed by atoms with van der Waals surface area (Å²) >= 11 is 0. The molecule has 0 aliphatic heterocycles. The van der Waals surface area contributed by atoms with Gasteiger partial charge in [-0.2, -0.15) is 0 Å². The van der Waals surface area contributed by atoms with Crippen LogP contribution in [0.5, 0.6) is 0 Å². The van der Waals surface area contributed by atoms with E-state index in [0.717, 1.165) is 11.8 Å². The van der Waals surface area contributed by atoms with E-state index >= 15 is 0 Å². The Morgan fingerprint density at radius 1 is 1.36 bits per heavy atom. The summed E-state index contributed by atoms with van der Waals surface area (Å²) in [4.78, 5) is 0. The first-order valence-corrected chi connectivity index (χ1v) is 4.95. The molecule has 0 heterocycles. The van der Waals surface area contributed by atoms with Gasteiger partial charge in [0, 0.05) is 6.04 Å². The third-order valence-electron chi connectivity index (χ3n) is 3.15. The minimum Gasteiger partial charge on any atom is -0.328 e. The molecule has 0 bridgehead atoms. The van der Waals surface area contributed by atoms with Gasteiger partial charge >= 0.3 is 0 Å². The molecule has 0 aromatic rings. The molecule has 0 saturated heterocycles. The Hall–Kier alpha value is -0.0400. The largest absolute Gasteiger partial charge is 0.328 e. The topological polar surface area (TPSA) is 26.0 Å². The maximum atomic E-state index is 5.78. The molecule has 2 atom stereocenters. The van der Waals surface area contributed by atoms with E-state index in [2.05, 4.69) is 13.8 Å². The Balaban J connectivity index is 2.01. The second-order valence-electron chi connectivity index (χ2n) is 4.21. The summed E-state index contributed by atoms with van der Waals surface area (Å²) < 4.78 is 0. The lowest BCUT2D eigenvalue weighted by Gasteiger charge is -2.27. The standard InChI is InChI=1S/C10H21N/c1-8(9(2)11)6-7-10-4-3-5-10/h8-10H,3-7,11H2,1-2H3. The van der Waals surface area contributed by atoms with E-state index in [1.54, 1.807) is 0 Å². The van der Waals surface area contributed by atoms with Crippen LogP contribution in [0.1, 0.15) is 46.0 Å². The predicted octanol–water partition coefficient (Wildman–Crippen LogP) is 2.55. The third-order valence-corrected chi connectivity index (χ3v) is 3.15. The molecule has 1 saturated carbocycles. The zero-order valence-electron chi connectivity index (χ0n) is 7.84. The Kier molecular flexibility index (Phi) is 3.38. The maximum absolute atomic E-state index is 5.78. The van der Waals surface area contributed by atoms with Gasteiger partial charge in [0.1, 0.15) is 0 Å². The van der Waals surface area contributed by atoms with Crippen molar-refractivity contribution in [2.75, 3.05) is 0 Å². The highest BCUT2D eigenvalue weighted by Crippen LogP contribution is 2.31. The van der Waals surface area contributed by atoms with Crippen LogP contribution in [-0.4, -0.2) is 6.04 Å². The van der Waals surface area contributed by atoms with Crippen LogP contribution in [0.2, 0.25) is 0 Å². The van der Waals surface area contributed by atoms with E-state index in [9.17, 15) is 0 Å². The first-order chi connectivity index (χ1) is 5.20. The Morgan fingerprint density at radius 3 is 2.36 bits per heavy atom. The molecule has 0 amide bonds. The second kappa shape index (κ2) is 4.10. The molecule has 2 unspecified atom stereocenters. The zero-order valence-corrected chi connectivity index (χ0v) is 7.84. The number of rotatable bonds is 4. The van der Waals surface area contributed by atoms with Crippen LogP contribution in [0.3, 0.4) is 0 Å². The molecule has 1 heteroatoms. The molecule has 11 heavy (non-hydrogen) atoms. The van der Waals surface area contributed by atoms with Crippen molar-refractivity contribution in [3.05, 3.63) is 0 Å². The third kappa shape index (κ3) is 2.82. The zero-order chi connectivity index (χ0) is 8.27. The molecular formula is C10H21N. The summed E-state index contributed by atoms with van der Waals surface area (Å²) in [6.07, 6.45) is 7.18. The molecule has 0 radical (unpaired) electrons. The normalized spacial score (nSPS) is 24.3. The molecule has 2 N–H and O–H groups in total. The smallest absolute Gasteiger partial charge is 0.00361 e. The van der Waals surface area contributed by atoms with Gasteiger partial charge < -0.3 is 5.73 Å². The number of hydrogen-bond donors (Lipinski definition) is 1. The first-order valence-electron chi connectivity index (χ1n) is 4.95. The molecule has 1 fully saturated rings. The fraction of sp³-hybridized carbons (Fsp3) is 1.00. The second-order valence-corrected chi connectivity index (χ2v) is 4.21. The van der Waals surface area contributed by atoms with Gasteiger partial charge in [0.15, 0.2) is 0 Å². The molecule has 1 aliphatic carbocycles. The van der Waals surface area contributed by atoms with Crippen molar-refractivity contribution in [3.8, 4) is 0 Å². The van der Waals surface area contributed by atoms with Crippen LogP contribution in [0.25, 0.3) is 0 Å².